The molecule has 3 nitrogen and oxygen atoms in total. The van der Waals surface area contributed by atoms with Crippen LogP contribution >= 0.6 is 0 Å². The van der Waals surface area contributed by atoms with E-state index in [1.54, 1.807) is 5.56 Å². The minimum absolute atomic E-state index is 0.266. The van der Waals surface area contributed by atoms with Gasteiger partial charge in [0.2, 0.25) is 0 Å². The standard InChI is InChI=1S/C19H25N3/c1-3-8-22-11-12(20)9-14-13-6-5-7-17-19(13)15(10-18(14)22)16(4-2)21-17/h3,5-7,12,14,18,21H,1,4,8-11,20H2,2H3/t12-,14?,18+/m0/s1. The van der Waals surface area contributed by atoms with E-state index in [2.05, 4.69) is 41.6 Å². The van der Waals surface area contributed by atoms with Crippen molar-refractivity contribution < 1.29 is 0 Å². The Bertz CT molecular complexity index is 715. The lowest BCUT2D eigenvalue weighted by molar-refractivity contribution is 0.124. The first kappa shape index (κ1) is 14.0. The first-order chi connectivity index (χ1) is 10.7. The summed E-state index contributed by atoms with van der Waals surface area (Å²) in [6, 6.07) is 7.56. The number of nitrogens with one attached hydrogen (secondary N) is 1. The summed E-state index contributed by atoms with van der Waals surface area (Å²) < 4.78 is 0. The highest BCUT2D eigenvalue weighted by molar-refractivity contribution is 5.89. The van der Waals surface area contributed by atoms with Crippen LogP contribution in [-0.4, -0.2) is 35.1 Å². The molecule has 1 unspecified atom stereocenters. The van der Waals surface area contributed by atoms with Gasteiger partial charge in [-0.2, -0.15) is 0 Å². The van der Waals surface area contributed by atoms with Crippen molar-refractivity contribution in [3.8, 4) is 0 Å². The molecule has 1 aliphatic carbocycles. The summed E-state index contributed by atoms with van der Waals surface area (Å²) in [4.78, 5) is 6.19. The number of nitrogens with two attached hydrogens (primary N) is 1. The van der Waals surface area contributed by atoms with Gasteiger partial charge in [0, 0.05) is 47.7 Å². The SMILES string of the molecule is C=CCN1C[C@@H](N)CC2c3cccc4[nH]c(CC)c(c34)C[C@H]21. The summed E-state index contributed by atoms with van der Waals surface area (Å²) in [5, 5.41) is 1.48. The van der Waals surface area contributed by atoms with Gasteiger partial charge < -0.3 is 10.7 Å². The van der Waals surface area contributed by atoms with Crippen LogP contribution in [0.5, 0.6) is 0 Å². The van der Waals surface area contributed by atoms with Gasteiger partial charge in [-0.25, -0.2) is 0 Å². The molecule has 1 saturated heterocycles. The molecule has 2 heterocycles. The number of nitrogens with zero attached hydrogens (tertiary/aromatic N) is 1. The number of hydrogen-bond acceptors (Lipinski definition) is 2. The number of H-pyrrole nitrogens is 1. The number of aryl methyl sites for hydroxylation is 1. The van der Waals surface area contributed by atoms with Gasteiger partial charge in [-0.1, -0.05) is 25.1 Å². The summed E-state index contributed by atoms with van der Waals surface area (Å²) in [6.45, 7) is 8.10. The molecular weight excluding hydrogens is 270 g/mol. The number of rotatable bonds is 3. The molecule has 1 aromatic heterocycles. The molecule has 0 bridgehead atoms. The van der Waals surface area contributed by atoms with Gasteiger partial charge in [0.1, 0.15) is 0 Å². The molecule has 1 fully saturated rings. The third-order valence-corrected chi connectivity index (χ3v) is 5.54. The molecular formula is C19H25N3. The Labute approximate surface area is 132 Å². The largest absolute Gasteiger partial charge is 0.358 e. The maximum absolute atomic E-state index is 6.36. The van der Waals surface area contributed by atoms with Crippen LogP contribution in [0.15, 0.2) is 30.9 Å². The van der Waals surface area contributed by atoms with E-state index >= 15 is 0 Å². The average Bonchev–Trinajstić information content (AvgIpc) is 2.88. The molecule has 4 rings (SSSR count). The Morgan fingerprint density at radius 1 is 1.45 bits per heavy atom. The Morgan fingerprint density at radius 2 is 2.32 bits per heavy atom. The minimum Gasteiger partial charge on any atom is -0.358 e. The van der Waals surface area contributed by atoms with Crippen molar-refractivity contribution in [1.29, 1.82) is 0 Å². The van der Waals surface area contributed by atoms with Crippen LogP contribution in [0.3, 0.4) is 0 Å². The van der Waals surface area contributed by atoms with Crippen molar-refractivity contribution in [2.45, 2.75) is 44.2 Å². The van der Waals surface area contributed by atoms with Gasteiger partial charge >= 0.3 is 0 Å². The average molecular weight is 295 g/mol. The Morgan fingerprint density at radius 3 is 3.09 bits per heavy atom. The number of aromatic nitrogens is 1. The van der Waals surface area contributed by atoms with Gasteiger partial charge in [0.25, 0.3) is 0 Å². The summed E-state index contributed by atoms with van der Waals surface area (Å²) in [7, 11) is 0. The molecule has 2 aromatic rings. The van der Waals surface area contributed by atoms with E-state index in [1.165, 1.54) is 22.2 Å². The van der Waals surface area contributed by atoms with Crippen molar-refractivity contribution in [2.24, 2.45) is 5.73 Å². The summed E-state index contributed by atoms with van der Waals surface area (Å²) in [5.74, 6) is 0.556. The first-order valence-electron chi connectivity index (χ1n) is 8.45. The van der Waals surface area contributed by atoms with E-state index in [9.17, 15) is 0 Å². The third kappa shape index (κ3) is 1.96. The second-order valence-electron chi connectivity index (χ2n) is 6.82. The smallest absolute Gasteiger partial charge is 0.0461 e. The van der Waals surface area contributed by atoms with Crippen LogP contribution < -0.4 is 5.73 Å². The topological polar surface area (TPSA) is 45.0 Å². The van der Waals surface area contributed by atoms with E-state index in [4.69, 9.17) is 5.73 Å². The zero-order valence-electron chi connectivity index (χ0n) is 13.3. The molecule has 3 heteroatoms. The Hall–Kier alpha value is -1.58. The fourth-order valence-electron chi connectivity index (χ4n) is 4.68. The van der Waals surface area contributed by atoms with Crippen LogP contribution in [0, 0.1) is 0 Å². The van der Waals surface area contributed by atoms with Gasteiger partial charge in [0.15, 0.2) is 0 Å². The van der Waals surface area contributed by atoms with Crippen LogP contribution in [0.2, 0.25) is 0 Å². The lowest BCUT2D eigenvalue weighted by Crippen LogP contribution is -2.54. The quantitative estimate of drug-likeness (QED) is 0.855. The van der Waals surface area contributed by atoms with Crippen LogP contribution in [0.4, 0.5) is 0 Å². The number of fused-ring (bicyclic) bond motifs is 2. The van der Waals surface area contributed by atoms with Crippen molar-refractivity contribution >= 4 is 10.9 Å². The number of benzene rings is 1. The second kappa shape index (κ2) is 5.25. The molecule has 0 amide bonds. The van der Waals surface area contributed by atoms with Gasteiger partial charge in [-0.05, 0) is 36.5 Å². The molecule has 1 aliphatic heterocycles. The van der Waals surface area contributed by atoms with Gasteiger partial charge in [-0.15, -0.1) is 6.58 Å². The van der Waals surface area contributed by atoms with Gasteiger partial charge in [0.05, 0.1) is 0 Å². The van der Waals surface area contributed by atoms with Crippen molar-refractivity contribution in [3.05, 3.63) is 47.7 Å². The predicted molar refractivity (Wildman–Crippen MR) is 92.3 cm³/mol. The van der Waals surface area contributed by atoms with E-state index in [1.807, 2.05) is 6.08 Å². The monoisotopic (exact) mass is 295 g/mol. The maximum Gasteiger partial charge on any atom is 0.0461 e. The zero-order valence-corrected chi connectivity index (χ0v) is 13.3. The highest BCUT2D eigenvalue weighted by atomic mass is 15.2. The molecule has 3 N–H and O–H groups in total. The molecule has 0 saturated carbocycles. The normalized spacial score (nSPS) is 27.8. The fourth-order valence-corrected chi connectivity index (χ4v) is 4.68. The van der Waals surface area contributed by atoms with E-state index < -0.39 is 0 Å². The highest BCUT2D eigenvalue weighted by Crippen LogP contribution is 2.44. The number of aromatic amines is 1. The van der Waals surface area contributed by atoms with Crippen molar-refractivity contribution in [1.82, 2.24) is 9.88 Å². The van der Waals surface area contributed by atoms with Crippen LogP contribution in [0.1, 0.15) is 36.1 Å². The molecule has 1 aromatic carbocycles. The molecule has 116 valence electrons. The molecule has 2 aliphatic rings. The van der Waals surface area contributed by atoms with E-state index in [0.717, 1.165) is 32.4 Å². The molecule has 0 spiro atoms. The van der Waals surface area contributed by atoms with Crippen LogP contribution in [-0.2, 0) is 12.8 Å². The van der Waals surface area contributed by atoms with E-state index in [-0.39, 0.29) is 6.04 Å². The highest BCUT2D eigenvalue weighted by Gasteiger charge is 2.40. The summed E-state index contributed by atoms with van der Waals surface area (Å²) in [5.41, 5.74) is 12.1. The molecule has 3 atom stereocenters. The van der Waals surface area contributed by atoms with Gasteiger partial charge in [-0.3, -0.25) is 4.90 Å². The fraction of sp³-hybridized carbons (Fsp3) is 0.474. The minimum atomic E-state index is 0.266. The molecule has 22 heavy (non-hydrogen) atoms. The van der Waals surface area contributed by atoms with E-state index in [0.29, 0.717) is 12.0 Å². The van der Waals surface area contributed by atoms with Crippen molar-refractivity contribution in [2.75, 3.05) is 13.1 Å². The maximum atomic E-state index is 6.36. The van der Waals surface area contributed by atoms with Crippen molar-refractivity contribution in [3.63, 3.8) is 0 Å². The first-order valence-corrected chi connectivity index (χ1v) is 8.45. The summed E-state index contributed by atoms with van der Waals surface area (Å²) >= 11 is 0. The lowest BCUT2D eigenvalue weighted by atomic mass is 9.73. The van der Waals surface area contributed by atoms with Crippen LogP contribution in [0.25, 0.3) is 10.9 Å². The zero-order chi connectivity index (χ0) is 15.3. The summed E-state index contributed by atoms with van der Waals surface area (Å²) in [6.07, 6.45) is 5.33. The second-order valence-corrected chi connectivity index (χ2v) is 6.82. The lowest BCUT2D eigenvalue weighted by Gasteiger charge is -2.46. The number of piperidine rings is 1. The Balaban J connectivity index is 1.87. The predicted octanol–water partition coefficient (Wildman–Crippen LogP) is 2.96. The number of likely N-dealkylation sites (tertiary alicyclic amines) is 1. The molecule has 0 radical (unpaired) electrons. The number of hydrogen-bond donors (Lipinski definition) is 2. The Kier molecular flexibility index (Phi) is 3.35. The third-order valence-electron chi connectivity index (χ3n) is 5.54.